The zero-order valence-corrected chi connectivity index (χ0v) is 27.8. The number of aliphatic hydroxyl groups is 1. The minimum atomic E-state index is -3.98. The van der Waals surface area contributed by atoms with Crippen LogP contribution in [0.25, 0.3) is 22.4 Å². The van der Waals surface area contributed by atoms with Gasteiger partial charge in [-0.15, -0.1) is 0 Å². The lowest BCUT2D eigenvalue weighted by molar-refractivity contribution is -0.160. The van der Waals surface area contributed by atoms with Gasteiger partial charge in [-0.1, -0.05) is 74.5 Å². The second-order valence-electron chi connectivity index (χ2n) is 13.1. The molecule has 0 aliphatic carbocycles. The van der Waals surface area contributed by atoms with Crippen LogP contribution >= 0.6 is 0 Å². The monoisotopic (exact) mass is 658 g/mol. The van der Waals surface area contributed by atoms with E-state index >= 15 is 0 Å². The van der Waals surface area contributed by atoms with E-state index in [1.807, 2.05) is 66.9 Å². The number of hydrogen-bond donors (Lipinski definition) is 1. The first-order chi connectivity index (χ1) is 22.6. The maximum atomic E-state index is 15.0. The first-order valence-corrected chi connectivity index (χ1v) is 18.0. The summed E-state index contributed by atoms with van der Waals surface area (Å²) in [6.45, 7) is 5.19. The number of aliphatic hydroxyl groups excluding tert-OH is 1. The molecule has 1 aromatic heterocycles. The van der Waals surface area contributed by atoms with Crippen molar-refractivity contribution in [3.63, 3.8) is 0 Å². The van der Waals surface area contributed by atoms with Crippen LogP contribution in [0.3, 0.4) is 0 Å². The summed E-state index contributed by atoms with van der Waals surface area (Å²) in [6, 6.07) is 26.0. The van der Waals surface area contributed by atoms with Gasteiger partial charge in [0.2, 0.25) is 10.0 Å². The molecule has 3 aromatic carbocycles. The van der Waals surface area contributed by atoms with Gasteiger partial charge in [0.1, 0.15) is 16.8 Å². The van der Waals surface area contributed by atoms with E-state index < -0.39 is 28.2 Å². The Morgan fingerprint density at radius 3 is 2.17 bits per heavy atom. The van der Waals surface area contributed by atoms with E-state index in [9.17, 15) is 22.7 Å². The third kappa shape index (κ3) is 7.22. The topological polar surface area (TPSA) is 88.8 Å². The van der Waals surface area contributed by atoms with Crippen molar-refractivity contribution >= 4 is 16.0 Å². The summed E-state index contributed by atoms with van der Waals surface area (Å²) in [4.78, 5) is 12.4. The third-order valence-electron chi connectivity index (χ3n) is 9.43. The lowest BCUT2D eigenvalue weighted by Gasteiger charge is -2.32. The molecule has 0 radical (unpaired) electrons. The summed E-state index contributed by atoms with van der Waals surface area (Å²) in [5, 5.41) is 10.3. The Bertz CT molecular complexity index is 1780. The number of hydrogen-bond acceptors (Lipinski definition) is 5. The summed E-state index contributed by atoms with van der Waals surface area (Å²) in [5.41, 5.74) is 4.64. The Kier molecular flexibility index (Phi) is 9.96. The second kappa shape index (κ2) is 14.1. The Labute approximate surface area is 277 Å². The van der Waals surface area contributed by atoms with Gasteiger partial charge in [0.05, 0.1) is 18.2 Å². The lowest BCUT2D eigenvalue weighted by atomic mass is 9.91. The fourth-order valence-corrected chi connectivity index (χ4v) is 9.24. The molecule has 47 heavy (non-hydrogen) atoms. The van der Waals surface area contributed by atoms with E-state index in [1.165, 1.54) is 17.7 Å². The Hall–Kier alpha value is -3.79. The maximum Gasteiger partial charge on any atom is 0.308 e. The molecule has 0 amide bonds. The van der Waals surface area contributed by atoms with Crippen molar-refractivity contribution < 1.29 is 27.4 Å². The quantitative estimate of drug-likeness (QED) is 0.182. The first kappa shape index (κ1) is 33.1. The van der Waals surface area contributed by atoms with E-state index in [0.29, 0.717) is 60.9 Å². The maximum absolute atomic E-state index is 15.0. The van der Waals surface area contributed by atoms with Gasteiger partial charge in [-0.2, -0.15) is 4.31 Å². The van der Waals surface area contributed by atoms with Gasteiger partial charge < -0.3 is 14.4 Å². The second-order valence-corrected chi connectivity index (χ2v) is 15.0. The van der Waals surface area contributed by atoms with Gasteiger partial charge in [0.25, 0.3) is 0 Å². The molecule has 2 aliphatic rings. The van der Waals surface area contributed by atoms with Crippen LogP contribution in [0, 0.1) is 11.7 Å². The number of piperidine rings is 1. The van der Waals surface area contributed by atoms with Crippen molar-refractivity contribution in [1.82, 2.24) is 8.87 Å². The molecule has 2 atom stereocenters. The number of aromatic nitrogens is 1. The number of benzene rings is 3. The molecule has 4 aromatic rings. The molecule has 248 valence electrons. The van der Waals surface area contributed by atoms with Crippen molar-refractivity contribution in [3.8, 4) is 22.4 Å². The molecule has 9 heteroatoms. The van der Waals surface area contributed by atoms with Crippen molar-refractivity contribution in [1.29, 1.82) is 0 Å². The Morgan fingerprint density at radius 2 is 1.55 bits per heavy atom. The molecular weight excluding hydrogens is 615 g/mol. The van der Waals surface area contributed by atoms with Gasteiger partial charge in [-0.05, 0) is 72.1 Å². The predicted molar refractivity (Wildman–Crippen MR) is 181 cm³/mol. The lowest BCUT2D eigenvalue weighted by Crippen LogP contribution is -2.39. The molecule has 2 aliphatic heterocycles. The summed E-state index contributed by atoms with van der Waals surface area (Å²) >= 11 is 0. The van der Waals surface area contributed by atoms with Crippen LogP contribution in [0.4, 0.5) is 4.39 Å². The van der Waals surface area contributed by atoms with Crippen LogP contribution in [0.1, 0.15) is 63.1 Å². The SMILES string of the molecule is CC(C)c1c(S(=O)(=O)N2CCC(Cc3ccccc3)CC2)c(-c2ccccc2)c(-c2ccc(F)cc2)n1CC[C@@H]1C[C@@H](O)CC(=O)O1. The summed E-state index contributed by atoms with van der Waals surface area (Å²) in [7, 11) is -3.98. The van der Waals surface area contributed by atoms with E-state index in [0.717, 1.165) is 24.8 Å². The minimum Gasteiger partial charge on any atom is -0.462 e. The zero-order valence-electron chi connectivity index (χ0n) is 27.0. The third-order valence-corrected chi connectivity index (χ3v) is 11.4. The molecule has 0 unspecified atom stereocenters. The van der Waals surface area contributed by atoms with Crippen LogP contribution in [-0.2, 0) is 32.5 Å². The van der Waals surface area contributed by atoms with Crippen molar-refractivity contribution in [3.05, 3.63) is 102 Å². The van der Waals surface area contributed by atoms with Gasteiger partial charge in [0.15, 0.2) is 0 Å². The number of sulfonamides is 1. The van der Waals surface area contributed by atoms with E-state index in [4.69, 9.17) is 4.74 Å². The Balaban J connectivity index is 1.46. The number of carbonyl (C=O) groups excluding carboxylic acids is 1. The van der Waals surface area contributed by atoms with Gasteiger partial charge in [0, 0.05) is 43.7 Å². The first-order valence-electron chi connectivity index (χ1n) is 16.6. The molecule has 1 N–H and O–H groups in total. The predicted octanol–water partition coefficient (Wildman–Crippen LogP) is 7.18. The number of nitrogens with zero attached hydrogens (tertiary/aromatic N) is 2. The molecule has 0 bridgehead atoms. The molecule has 0 spiro atoms. The van der Waals surface area contributed by atoms with Crippen molar-refractivity contribution in [2.45, 2.75) is 81.9 Å². The highest BCUT2D eigenvalue weighted by Crippen LogP contribution is 2.46. The summed E-state index contributed by atoms with van der Waals surface area (Å²) < 4.78 is 53.4. The van der Waals surface area contributed by atoms with E-state index in [-0.39, 0.29) is 23.1 Å². The summed E-state index contributed by atoms with van der Waals surface area (Å²) in [6.07, 6.45) is 1.88. The number of ether oxygens (including phenoxy) is 1. The number of esters is 1. The average molecular weight is 659 g/mol. The largest absolute Gasteiger partial charge is 0.462 e. The standard InChI is InChI=1S/C38H43FN2O5S/c1-26(2)36-38(47(44,45)40-20-17-28(18-21-40)23-27-9-5-3-6-10-27)35(29-11-7-4-8-12-29)37(30-13-15-31(39)16-14-30)41(36)22-19-33-24-32(42)25-34(43)46-33/h3-16,26,28,32-33,42H,17-25H2,1-2H3/t32-,33-/m1/s1. The van der Waals surface area contributed by atoms with Crippen LogP contribution in [0.2, 0.25) is 0 Å². The molecule has 0 saturated carbocycles. The summed E-state index contributed by atoms with van der Waals surface area (Å²) in [5.74, 6) is -0.610. The van der Waals surface area contributed by atoms with Crippen molar-refractivity contribution in [2.24, 2.45) is 5.92 Å². The fourth-order valence-electron chi connectivity index (χ4n) is 7.20. The number of cyclic esters (lactones) is 1. The van der Waals surface area contributed by atoms with Crippen molar-refractivity contribution in [2.75, 3.05) is 13.1 Å². The Morgan fingerprint density at radius 1 is 0.915 bits per heavy atom. The van der Waals surface area contributed by atoms with Gasteiger partial charge in [-0.3, -0.25) is 4.79 Å². The highest BCUT2D eigenvalue weighted by atomic mass is 32.2. The molecular formula is C38H43FN2O5S. The van der Waals surface area contributed by atoms with Gasteiger partial charge in [-0.25, -0.2) is 12.8 Å². The van der Waals surface area contributed by atoms with Crippen LogP contribution < -0.4 is 0 Å². The normalized spacial score (nSPS) is 19.6. The molecule has 2 fully saturated rings. The fraction of sp³-hybridized carbons (Fsp3) is 0.395. The number of halogens is 1. The van der Waals surface area contributed by atoms with Crippen LogP contribution in [0.15, 0.2) is 89.8 Å². The number of carbonyl (C=O) groups is 1. The molecule has 3 heterocycles. The highest BCUT2D eigenvalue weighted by molar-refractivity contribution is 7.89. The molecule has 6 rings (SSSR count). The van der Waals surface area contributed by atoms with Gasteiger partial charge >= 0.3 is 5.97 Å². The smallest absolute Gasteiger partial charge is 0.308 e. The zero-order chi connectivity index (χ0) is 33.1. The van der Waals surface area contributed by atoms with Crippen LogP contribution in [-0.4, -0.2) is 53.7 Å². The molecule has 2 saturated heterocycles. The highest BCUT2D eigenvalue weighted by Gasteiger charge is 2.39. The van der Waals surface area contributed by atoms with E-state index in [2.05, 4.69) is 12.1 Å². The minimum absolute atomic E-state index is 0.0271. The van der Waals surface area contributed by atoms with E-state index in [1.54, 1.807) is 16.4 Å². The number of rotatable bonds is 10. The van der Waals surface area contributed by atoms with Crippen LogP contribution in [0.5, 0.6) is 0 Å². The average Bonchev–Trinajstić information content (AvgIpc) is 3.41. The molecule has 7 nitrogen and oxygen atoms in total.